The molecular formula is C27H26FN5O3S. The van der Waals surface area contributed by atoms with Gasteiger partial charge in [-0.25, -0.2) is 18.7 Å². The second-order valence-corrected chi connectivity index (χ2v) is 10.7. The molecule has 4 atom stereocenters. The molecule has 0 bridgehead atoms. The van der Waals surface area contributed by atoms with Gasteiger partial charge in [-0.2, -0.15) is 0 Å². The van der Waals surface area contributed by atoms with Gasteiger partial charge in [0.1, 0.15) is 29.8 Å². The Hall–Kier alpha value is -3.47. The van der Waals surface area contributed by atoms with Gasteiger partial charge >= 0.3 is 0 Å². The number of ether oxygens (including phenoxy) is 3. The summed E-state index contributed by atoms with van der Waals surface area (Å²) in [5.41, 5.74) is 3.18. The molecular weight excluding hydrogens is 493 g/mol. The minimum absolute atomic E-state index is 0.0323. The van der Waals surface area contributed by atoms with Gasteiger partial charge in [-0.3, -0.25) is 4.98 Å². The van der Waals surface area contributed by atoms with Crippen LogP contribution >= 0.6 is 0 Å². The van der Waals surface area contributed by atoms with E-state index in [2.05, 4.69) is 26.5 Å². The Labute approximate surface area is 216 Å². The molecule has 6 rings (SSSR count). The number of aryl methyl sites for hydroxylation is 1. The van der Waals surface area contributed by atoms with Crippen LogP contribution in [0.3, 0.4) is 0 Å². The van der Waals surface area contributed by atoms with Crippen LogP contribution in [0.2, 0.25) is 0 Å². The van der Waals surface area contributed by atoms with Crippen molar-refractivity contribution in [3.05, 3.63) is 72.6 Å². The second kappa shape index (κ2) is 10.1. The summed E-state index contributed by atoms with van der Waals surface area (Å²) in [5.74, 6) is 0.600. The first-order valence-electron chi connectivity index (χ1n) is 12.0. The lowest BCUT2D eigenvalue weighted by atomic mass is 10.1. The van der Waals surface area contributed by atoms with Crippen molar-refractivity contribution < 1.29 is 18.6 Å². The third kappa shape index (κ3) is 4.92. The zero-order valence-electron chi connectivity index (χ0n) is 20.4. The van der Waals surface area contributed by atoms with Crippen LogP contribution in [0.15, 0.2) is 70.4 Å². The molecule has 0 aliphatic carbocycles. The average molecular weight is 520 g/mol. The maximum Gasteiger partial charge on any atom is 0.151 e. The van der Waals surface area contributed by atoms with Crippen LogP contribution in [0.5, 0.6) is 5.75 Å². The number of hydrogen-bond acceptors (Lipinski definition) is 8. The monoisotopic (exact) mass is 519 g/mol. The van der Waals surface area contributed by atoms with Gasteiger partial charge in [-0.1, -0.05) is 10.7 Å². The first kappa shape index (κ1) is 23.9. The number of rotatable bonds is 6. The Morgan fingerprint density at radius 3 is 2.84 bits per heavy atom. The van der Waals surface area contributed by atoms with Crippen LogP contribution in [0, 0.1) is 12.7 Å². The quantitative estimate of drug-likeness (QED) is 0.371. The number of fused-ring (bicyclic) bond motifs is 2. The lowest BCUT2D eigenvalue weighted by Crippen LogP contribution is -2.32. The normalized spacial score (nSPS) is 21.8. The van der Waals surface area contributed by atoms with Crippen LogP contribution in [0.25, 0.3) is 10.9 Å². The van der Waals surface area contributed by atoms with Gasteiger partial charge < -0.3 is 19.5 Å². The molecule has 2 aromatic carbocycles. The molecule has 2 aliphatic heterocycles. The molecule has 3 unspecified atom stereocenters. The molecule has 0 saturated carbocycles. The largest absolute Gasteiger partial charge is 0.483 e. The van der Waals surface area contributed by atoms with Crippen molar-refractivity contribution in [3.8, 4) is 5.75 Å². The predicted octanol–water partition coefficient (Wildman–Crippen LogP) is 5.27. The predicted molar refractivity (Wildman–Crippen MR) is 140 cm³/mol. The highest BCUT2D eigenvalue weighted by atomic mass is 32.2. The van der Waals surface area contributed by atoms with Gasteiger partial charge in [0, 0.05) is 35.3 Å². The van der Waals surface area contributed by atoms with Crippen molar-refractivity contribution >= 4 is 38.8 Å². The Kier molecular flexibility index (Phi) is 6.54. The number of benzene rings is 2. The summed E-state index contributed by atoms with van der Waals surface area (Å²) < 4.78 is 36.9. The summed E-state index contributed by atoms with van der Waals surface area (Å²) in [6.45, 7) is 3.06. The number of nitrogens with one attached hydrogen (secondary N) is 1. The van der Waals surface area contributed by atoms with Gasteiger partial charge in [0.2, 0.25) is 0 Å². The first-order chi connectivity index (χ1) is 18.0. The molecule has 10 heteroatoms. The summed E-state index contributed by atoms with van der Waals surface area (Å²) in [6, 6.07) is 12.3. The third-order valence-electron chi connectivity index (χ3n) is 6.55. The van der Waals surface area contributed by atoms with Crippen molar-refractivity contribution in [1.29, 1.82) is 0 Å². The molecule has 2 saturated heterocycles. The lowest BCUT2D eigenvalue weighted by molar-refractivity contribution is 0.0310. The van der Waals surface area contributed by atoms with Crippen LogP contribution in [-0.4, -0.2) is 52.7 Å². The molecule has 4 aromatic rings. The summed E-state index contributed by atoms with van der Waals surface area (Å²) in [5, 5.41) is 4.20. The Morgan fingerprint density at radius 1 is 1.11 bits per heavy atom. The van der Waals surface area contributed by atoms with Gasteiger partial charge in [-0.15, -0.1) is 0 Å². The third-order valence-corrected chi connectivity index (χ3v) is 7.99. The first-order valence-corrected chi connectivity index (χ1v) is 13.6. The molecule has 0 amide bonds. The Balaban J connectivity index is 1.31. The molecule has 190 valence electrons. The second-order valence-electron chi connectivity index (χ2n) is 9.05. The van der Waals surface area contributed by atoms with E-state index in [-0.39, 0.29) is 34.8 Å². The highest BCUT2D eigenvalue weighted by Crippen LogP contribution is 2.36. The molecule has 2 aromatic heterocycles. The van der Waals surface area contributed by atoms with Gasteiger partial charge in [0.05, 0.1) is 29.6 Å². The van der Waals surface area contributed by atoms with Crippen molar-refractivity contribution in [2.24, 2.45) is 4.36 Å². The van der Waals surface area contributed by atoms with Crippen molar-refractivity contribution in [2.45, 2.75) is 36.6 Å². The summed E-state index contributed by atoms with van der Waals surface area (Å²) >= 11 is 0. The van der Waals surface area contributed by atoms with E-state index in [0.29, 0.717) is 30.5 Å². The zero-order valence-corrected chi connectivity index (χ0v) is 21.2. The number of nitrogens with zero attached hydrogens (tertiary/aromatic N) is 4. The maximum atomic E-state index is 14.2. The number of hydrogen-bond donors (Lipinski definition) is 1. The van der Waals surface area contributed by atoms with E-state index in [4.69, 9.17) is 18.6 Å². The van der Waals surface area contributed by atoms with Crippen LogP contribution < -0.4 is 10.1 Å². The average Bonchev–Trinajstić information content (AvgIpc) is 3.51. The maximum absolute atomic E-state index is 14.2. The molecule has 0 spiro atoms. The molecule has 2 aliphatic rings. The summed E-state index contributed by atoms with van der Waals surface area (Å²) in [7, 11) is -0.329. The standard InChI is InChI=1S/C27H26FN5O3S/c1-16-11-18(33-37(2)19-5-8-29-9-6-19)13-21-25(16)27(31-15-30-21)32-20-4-3-17(28)12-23(20)36-24-14-35-22-7-10-34-26(22)24/h3-6,8-9,11-13,15,22,24,26H,7,10,14H2,1-2H3,(H,30,31,32)/t22-,24?,26?,37?/m1/s1. The molecule has 37 heavy (non-hydrogen) atoms. The van der Waals surface area contributed by atoms with Crippen molar-refractivity contribution in [1.82, 2.24) is 15.0 Å². The summed E-state index contributed by atoms with van der Waals surface area (Å²) in [4.78, 5) is 14.2. The van der Waals surface area contributed by atoms with Gasteiger partial charge in [0.25, 0.3) is 0 Å². The van der Waals surface area contributed by atoms with Crippen LogP contribution in [0.1, 0.15) is 12.0 Å². The topological polar surface area (TPSA) is 90.8 Å². The fourth-order valence-corrected chi connectivity index (χ4v) is 5.83. The van der Waals surface area contributed by atoms with E-state index in [1.807, 2.05) is 31.2 Å². The van der Waals surface area contributed by atoms with Crippen molar-refractivity contribution in [2.75, 3.05) is 24.8 Å². The van der Waals surface area contributed by atoms with E-state index in [1.54, 1.807) is 18.5 Å². The Bertz CT molecular complexity index is 1490. The van der Waals surface area contributed by atoms with Crippen LogP contribution in [-0.2, 0) is 20.2 Å². The fourth-order valence-electron chi connectivity index (χ4n) is 4.79. The van der Waals surface area contributed by atoms with Gasteiger partial charge in [-0.05, 0) is 61.6 Å². The lowest BCUT2D eigenvalue weighted by Gasteiger charge is -2.21. The van der Waals surface area contributed by atoms with Gasteiger partial charge in [0.15, 0.2) is 6.10 Å². The molecule has 8 nitrogen and oxygen atoms in total. The van der Waals surface area contributed by atoms with Crippen LogP contribution in [0.4, 0.5) is 21.6 Å². The van der Waals surface area contributed by atoms with E-state index < -0.39 is 0 Å². The number of halogens is 1. The summed E-state index contributed by atoms with van der Waals surface area (Å²) in [6.07, 6.45) is 7.57. The number of aromatic nitrogens is 3. The number of pyridine rings is 1. The number of anilines is 2. The van der Waals surface area contributed by atoms with E-state index in [1.165, 1.54) is 18.5 Å². The smallest absolute Gasteiger partial charge is 0.151 e. The SMILES string of the molecule is Cc1cc(N=S(C)c2ccncc2)cc2ncnc(Nc3ccc(F)cc3OC3CO[C@@H]4CCOC34)c12. The minimum atomic E-state index is -0.387. The molecule has 2 fully saturated rings. The highest BCUT2D eigenvalue weighted by molar-refractivity contribution is 7.86. The van der Waals surface area contributed by atoms with E-state index in [0.717, 1.165) is 33.5 Å². The molecule has 4 heterocycles. The highest BCUT2D eigenvalue weighted by Gasteiger charge is 2.43. The van der Waals surface area contributed by atoms with Crippen molar-refractivity contribution in [3.63, 3.8) is 0 Å². The molecule has 1 N–H and O–H groups in total. The van der Waals surface area contributed by atoms with E-state index in [9.17, 15) is 4.39 Å². The minimum Gasteiger partial charge on any atom is -0.483 e. The Morgan fingerprint density at radius 2 is 1.97 bits per heavy atom. The van der Waals surface area contributed by atoms with E-state index >= 15 is 0 Å². The molecule has 0 radical (unpaired) electrons. The zero-order chi connectivity index (χ0) is 25.4. The fraction of sp³-hybridized carbons (Fsp3) is 0.296.